The third kappa shape index (κ3) is 5.07. The summed E-state index contributed by atoms with van der Waals surface area (Å²) in [5.41, 5.74) is 8.40. The van der Waals surface area contributed by atoms with Crippen LogP contribution in [0.15, 0.2) is 78.6 Å². The zero-order chi connectivity index (χ0) is 25.2. The molecule has 0 spiro atoms. The summed E-state index contributed by atoms with van der Waals surface area (Å²) in [4.78, 5) is 15.3. The maximum absolute atomic E-state index is 13.4. The molecule has 0 aromatic heterocycles. The molecule has 1 fully saturated rings. The molecule has 0 saturated carbocycles. The molecule has 0 bridgehead atoms. The van der Waals surface area contributed by atoms with E-state index in [4.69, 9.17) is 9.47 Å². The molecule has 3 aromatic carbocycles. The van der Waals surface area contributed by atoms with Crippen LogP contribution in [0.4, 0.5) is 0 Å². The van der Waals surface area contributed by atoms with Crippen LogP contribution in [-0.4, -0.2) is 35.3 Å². The lowest BCUT2D eigenvalue weighted by Crippen LogP contribution is -2.39. The summed E-state index contributed by atoms with van der Waals surface area (Å²) >= 11 is 0. The lowest BCUT2D eigenvalue weighted by Gasteiger charge is -2.33. The van der Waals surface area contributed by atoms with Crippen molar-refractivity contribution in [1.29, 1.82) is 0 Å². The van der Waals surface area contributed by atoms with E-state index < -0.39 is 6.29 Å². The van der Waals surface area contributed by atoms with Crippen LogP contribution in [0.5, 0.6) is 0 Å². The standard InChI is InChI=1S/C32H33NO4/c34-20-22-8-10-23(11-9-22)21-36-31-19-26(18-30(37-31)32(35)33-14-4-1-5-15-33)24-12-13-29-27(16-24)17-25-6-2-3-7-28(25)29/h2-3,6-13,16,18,26,31,34H,1,4-5,14-15,17,19-21H2/t26-,31+/m0/s1. The third-order valence-electron chi connectivity index (χ3n) is 7.80. The largest absolute Gasteiger partial charge is 0.459 e. The van der Waals surface area contributed by atoms with Gasteiger partial charge in [0.05, 0.1) is 13.2 Å². The van der Waals surface area contributed by atoms with Crippen molar-refractivity contribution in [3.05, 3.63) is 106 Å². The normalized spacial score (nSPS) is 20.6. The van der Waals surface area contributed by atoms with E-state index in [2.05, 4.69) is 42.5 Å². The summed E-state index contributed by atoms with van der Waals surface area (Å²) in [5.74, 6) is 0.412. The summed E-state index contributed by atoms with van der Waals surface area (Å²) in [6.07, 6.45) is 6.34. The first-order valence-electron chi connectivity index (χ1n) is 13.4. The van der Waals surface area contributed by atoms with Crippen LogP contribution in [-0.2, 0) is 33.9 Å². The molecule has 5 heteroatoms. The highest BCUT2D eigenvalue weighted by molar-refractivity contribution is 5.92. The maximum atomic E-state index is 13.4. The summed E-state index contributed by atoms with van der Waals surface area (Å²) in [5, 5.41) is 9.30. The molecule has 1 amide bonds. The fraction of sp³-hybridized carbons (Fsp3) is 0.344. The van der Waals surface area contributed by atoms with Gasteiger partial charge in [-0.3, -0.25) is 4.79 Å². The second-order valence-corrected chi connectivity index (χ2v) is 10.3. The highest BCUT2D eigenvalue weighted by Crippen LogP contribution is 2.40. The molecule has 2 heterocycles. The summed E-state index contributed by atoms with van der Waals surface area (Å²) in [6.45, 7) is 1.97. The van der Waals surface area contributed by atoms with Gasteiger partial charge in [0, 0.05) is 25.4 Å². The van der Waals surface area contributed by atoms with Gasteiger partial charge in [0.2, 0.25) is 6.29 Å². The summed E-state index contributed by atoms with van der Waals surface area (Å²) in [6, 6.07) is 23.0. The fourth-order valence-electron chi connectivity index (χ4n) is 5.72. The molecule has 190 valence electrons. The first-order chi connectivity index (χ1) is 18.2. The Morgan fingerprint density at radius 1 is 0.919 bits per heavy atom. The Morgan fingerprint density at radius 3 is 2.49 bits per heavy atom. The van der Waals surface area contributed by atoms with Crippen molar-refractivity contribution in [2.45, 2.75) is 57.5 Å². The molecular weight excluding hydrogens is 462 g/mol. The summed E-state index contributed by atoms with van der Waals surface area (Å²) in [7, 11) is 0. The van der Waals surface area contributed by atoms with Gasteiger partial charge in [-0.15, -0.1) is 0 Å². The van der Waals surface area contributed by atoms with Crippen molar-refractivity contribution in [2.24, 2.45) is 0 Å². The lowest BCUT2D eigenvalue weighted by molar-refractivity contribution is -0.156. The zero-order valence-electron chi connectivity index (χ0n) is 21.1. The minimum absolute atomic E-state index is 0.0210. The fourth-order valence-corrected chi connectivity index (χ4v) is 5.72. The number of hydrogen-bond acceptors (Lipinski definition) is 4. The van der Waals surface area contributed by atoms with Crippen molar-refractivity contribution in [1.82, 2.24) is 4.90 Å². The minimum atomic E-state index is -0.512. The van der Waals surface area contributed by atoms with E-state index >= 15 is 0 Å². The third-order valence-corrected chi connectivity index (χ3v) is 7.80. The molecule has 1 saturated heterocycles. The molecule has 0 unspecified atom stereocenters. The van der Waals surface area contributed by atoms with Crippen LogP contribution >= 0.6 is 0 Å². The van der Waals surface area contributed by atoms with Gasteiger partial charge in [-0.1, -0.05) is 66.7 Å². The Bertz CT molecular complexity index is 1310. The van der Waals surface area contributed by atoms with Gasteiger partial charge in [0.15, 0.2) is 5.76 Å². The Labute approximate surface area is 218 Å². The Hall–Kier alpha value is -3.41. The molecule has 0 radical (unpaired) electrons. The predicted octanol–water partition coefficient (Wildman–Crippen LogP) is 5.69. The average Bonchev–Trinajstić information content (AvgIpc) is 3.34. The molecule has 2 atom stereocenters. The first-order valence-corrected chi connectivity index (χ1v) is 13.4. The van der Waals surface area contributed by atoms with Gasteiger partial charge in [-0.2, -0.15) is 0 Å². The van der Waals surface area contributed by atoms with Crippen molar-refractivity contribution < 1.29 is 19.4 Å². The minimum Gasteiger partial charge on any atom is -0.459 e. The van der Waals surface area contributed by atoms with Gasteiger partial charge < -0.3 is 19.5 Å². The van der Waals surface area contributed by atoms with Crippen molar-refractivity contribution in [3.63, 3.8) is 0 Å². The number of rotatable bonds is 6. The van der Waals surface area contributed by atoms with Gasteiger partial charge in [0.25, 0.3) is 5.91 Å². The number of fused-ring (bicyclic) bond motifs is 3. The number of carbonyl (C=O) groups excluding carboxylic acids is 1. The number of aliphatic hydroxyl groups is 1. The predicted molar refractivity (Wildman–Crippen MR) is 143 cm³/mol. The van der Waals surface area contributed by atoms with E-state index in [0.717, 1.165) is 43.5 Å². The SMILES string of the molecule is O=C(C1=C[C@H](c2ccc3c(c2)Cc2ccccc2-3)C[C@H](OCc2ccc(CO)cc2)O1)N1CCCCC1. The second-order valence-electron chi connectivity index (χ2n) is 10.3. The van der Waals surface area contributed by atoms with E-state index in [1.807, 2.05) is 35.2 Å². The molecule has 2 aliphatic heterocycles. The lowest BCUT2D eigenvalue weighted by atomic mass is 9.90. The van der Waals surface area contributed by atoms with E-state index in [-0.39, 0.29) is 18.4 Å². The zero-order valence-corrected chi connectivity index (χ0v) is 21.1. The number of aliphatic hydroxyl groups excluding tert-OH is 1. The van der Waals surface area contributed by atoms with Crippen LogP contribution in [0.1, 0.15) is 59.4 Å². The van der Waals surface area contributed by atoms with Gasteiger partial charge >= 0.3 is 0 Å². The topological polar surface area (TPSA) is 59.0 Å². The molecule has 1 N–H and O–H groups in total. The van der Waals surface area contributed by atoms with Crippen molar-refractivity contribution >= 4 is 5.91 Å². The van der Waals surface area contributed by atoms with Gasteiger partial charge in [-0.25, -0.2) is 0 Å². The summed E-state index contributed by atoms with van der Waals surface area (Å²) < 4.78 is 12.4. The smallest absolute Gasteiger partial charge is 0.288 e. The number of ether oxygens (including phenoxy) is 2. The Balaban J connectivity index is 1.24. The van der Waals surface area contributed by atoms with Crippen LogP contribution in [0.3, 0.4) is 0 Å². The number of benzene rings is 3. The van der Waals surface area contributed by atoms with Gasteiger partial charge in [-0.05, 0) is 70.7 Å². The van der Waals surface area contributed by atoms with E-state index in [1.54, 1.807) is 0 Å². The molecule has 6 rings (SSSR count). The molecule has 37 heavy (non-hydrogen) atoms. The number of allylic oxidation sites excluding steroid dienone is 1. The van der Waals surface area contributed by atoms with Gasteiger partial charge in [0.1, 0.15) is 0 Å². The van der Waals surface area contributed by atoms with Crippen LogP contribution in [0.2, 0.25) is 0 Å². The molecule has 5 nitrogen and oxygen atoms in total. The molecule has 3 aliphatic rings. The number of nitrogens with zero attached hydrogens (tertiary/aromatic N) is 1. The number of piperidine rings is 1. The van der Waals surface area contributed by atoms with Crippen LogP contribution in [0, 0.1) is 0 Å². The average molecular weight is 496 g/mol. The van der Waals surface area contributed by atoms with Crippen LogP contribution < -0.4 is 0 Å². The van der Waals surface area contributed by atoms with Crippen molar-refractivity contribution in [2.75, 3.05) is 13.1 Å². The highest BCUT2D eigenvalue weighted by Gasteiger charge is 2.32. The Morgan fingerprint density at radius 2 is 1.68 bits per heavy atom. The van der Waals surface area contributed by atoms with E-state index in [9.17, 15) is 9.90 Å². The number of hydrogen-bond donors (Lipinski definition) is 1. The molecule has 1 aliphatic carbocycles. The van der Waals surface area contributed by atoms with E-state index in [0.29, 0.717) is 18.8 Å². The Kier molecular flexibility index (Phi) is 6.81. The molecule has 3 aromatic rings. The maximum Gasteiger partial charge on any atom is 0.288 e. The van der Waals surface area contributed by atoms with E-state index in [1.165, 1.54) is 34.2 Å². The highest BCUT2D eigenvalue weighted by atomic mass is 16.7. The van der Waals surface area contributed by atoms with Crippen molar-refractivity contribution in [3.8, 4) is 11.1 Å². The number of carbonyl (C=O) groups is 1. The second kappa shape index (κ2) is 10.5. The number of amides is 1. The molecular formula is C32H33NO4. The monoisotopic (exact) mass is 495 g/mol. The number of likely N-dealkylation sites (tertiary alicyclic amines) is 1. The van der Waals surface area contributed by atoms with Crippen LogP contribution in [0.25, 0.3) is 11.1 Å². The first kappa shape index (κ1) is 24.0. The quantitative estimate of drug-likeness (QED) is 0.373.